The van der Waals surface area contributed by atoms with Crippen molar-refractivity contribution in [3.8, 4) is 0 Å². The highest BCUT2D eigenvalue weighted by Gasteiger charge is 2.36. The molecule has 1 atom stereocenters. The molecule has 1 fully saturated rings. The number of nitrogens with zero attached hydrogens (tertiary/aromatic N) is 2. The van der Waals surface area contributed by atoms with Crippen LogP contribution in [-0.4, -0.2) is 22.8 Å². The van der Waals surface area contributed by atoms with E-state index in [-0.39, 0.29) is 17.7 Å². The number of nitrogens with two attached hydrogens (primary N) is 1. The Morgan fingerprint density at radius 2 is 1.77 bits per heavy atom. The van der Waals surface area contributed by atoms with Gasteiger partial charge >= 0.3 is 0 Å². The number of piperidine rings is 1. The average Bonchev–Trinajstić information content (AvgIpc) is 2.65. The molecule has 7 heteroatoms. The maximum absolute atomic E-state index is 12.7. The molecule has 3 rings (SSSR count). The van der Waals surface area contributed by atoms with Gasteiger partial charge in [-0.2, -0.15) is 0 Å². The van der Waals surface area contributed by atoms with E-state index in [0.717, 1.165) is 4.90 Å². The first-order valence-corrected chi connectivity index (χ1v) is 7.86. The van der Waals surface area contributed by atoms with E-state index in [4.69, 9.17) is 5.73 Å². The molecule has 0 aromatic heterocycles. The monoisotopic (exact) mass is 349 g/mol. The zero-order valence-electron chi connectivity index (χ0n) is 13.7. The fraction of sp³-hybridized carbons (Fsp3) is 0.105. The highest BCUT2D eigenvalue weighted by molar-refractivity contribution is 6.24. The summed E-state index contributed by atoms with van der Waals surface area (Å²) in [5, 5.41) is 10.7. The minimum Gasteiger partial charge on any atom is -0.320 e. The summed E-state index contributed by atoms with van der Waals surface area (Å²) in [5.41, 5.74) is 10.1. The Morgan fingerprint density at radius 3 is 2.38 bits per heavy atom. The number of anilines is 1. The number of benzene rings is 2. The SMILES string of the molecule is NC1CC(=C=Cc2ccc([N+](=O)[O-])cc2)C(=O)N(c2ccccc2)C1=O. The van der Waals surface area contributed by atoms with Crippen molar-refractivity contribution < 1.29 is 14.5 Å². The van der Waals surface area contributed by atoms with Gasteiger partial charge in [-0.3, -0.25) is 19.7 Å². The lowest BCUT2D eigenvalue weighted by atomic mass is 9.98. The van der Waals surface area contributed by atoms with Crippen LogP contribution in [-0.2, 0) is 9.59 Å². The van der Waals surface area contributed by atoms with Gasteiger partial charge in [0.05, 0.1) is 22.2 Å². The van der Waals surface area contributed by atoms with E-state index < -0.39 is 22.8 Å². The summed E-state index contributed by atoms with van der Waals surface area (Å²) in [6.07, 6.45) is 1.63. The molecule has 1 unspecified atom stereocenters. The number of carbonyl (C=O) groups is 2. The number of non-ortho nitro benzene ring substituents is 1. The first-order valence-electron chi connectivity index (χ1n) is 7.86. The lowest BCUT2D eigenvalue weighted by Gasteiger charge is -2.29. The molecule has 0 aliphatic carbocycles. The van der Waals surface area contributed by atoms with E-state index >= 15 is 0 Å². The van der Waals surface area contributed by atoms with Crippen LogP contribution in [0.5, 0.6) is 0 Å². The second-order valence-corrected chi connectivity index (χ2v) is 5.74. The van der Waals surface area contributed by atoms with Crippen LogP contribution in [0.15, 0.2) is 65.9 Å². The molecule has 0 spiro atoms. The van der Waals surface area contributed by atoms with Crippen molar-refractivity contribution in [3.05, 3.63) is 81.6 Å². The van der Waals surface area contributed by atoms with Crippen LogP contribution in [0.25, 0.3) is 6.08 Å². The van der Waals surface area contributed by atoms with Crippen LogP contribution in [0, 0.1) is 10.1 Å². The zero-order valence-corrected chi connectivity index (χ0v) is 13.7. The minimum absolute atomic E-state index is 0.0218. The normalized spacial score (nSPS) is 17.0. The predicted octanol–water partition coefficient (Wildman–Crippen LogP) is 2.42. The third kappa shape index (κ3) is 3.44. The van der Waals surface area contributed by atoms with Gasteiger partial charge in [0.15, 0.2) is 0 Å². The summed E-state index contributed by atoms with van der Waals surface area (Å²) < 4.78 is 0. The van der Waals surface area contributed by atoms with Crippen LogP contribution in [0.3, 0.4) is 0 Å². The first kappa shape index (κ1) is 17.3. The van der Waals surface area contributed by atoms with Crippen molar-refractivity contribution >= 4 is 29.3 Å². The number of amides is 2. The number of imide groups is 1. The summed E-state index contributed by atoms with van der Waals surface area (Å²) in [5.74, 6) is -0.928. The topological polar surface area (TPSA) is 107 Å². The molecule has 0 radical (unpaired) electrons. The van der Waals surface area contributed by atoms with Gasteiger partial charge in [0, 0.05) is 18.6 Å². The fourth-order valence-corrected chi connectivity index (χ4v) is 2.60. The second kappa shape index (κ2) is 7.14. The van der Waals surface area contributed by atoms with Gasteiger partial charge in [0.1, 0.15) is 0 Å². The quantitative estimate of drug-likeness (QED) is 0.301. The first-order chi connectivity index (χ1) is 12.5. The molecule has 2 amide bonds. The molecule has 130 valence electrons. The Kier molecular flexibility index (Phi) is 4.75. The summed E-state index contributed by atoms with van der Waals surface area (Å²) in [4.78, 5) is 36.3. The van der Waals surface area contributed by atoms with Crippen molar-refractivity contribution in [3.63, 3.8) is 0 Å². The van der Waals surface area contributed by atoms with Crippen molar-refractivity contribution in [2.75, 3.05) is 4.90 Å². The van der Waals surface area contributed by atoms with Crippen LogP contribution < -0.4 is 10.6 Å². The van der Waals surface area contributed by atoms with Crippen molar-refractivity contribution in [1.82, 2.24) is 0 Å². The van der Waals surface area contributed by atoms with Crippen molar-refractivity contribution in [2.24, 2.45) is 5.73 Å². The van der Waals surface area contributed by atoms with E-state index in [1.165, 1.54) is 12.1 Å². The molecule has 2 aromatic rings. The molecule has 0 bridgehead atoms. The van der Waals surface area contributed by atoms with Gasteiger partial charge in [0.25, 0.3) is 17.5 Å². The fourth-order valence-electron chi connectivity index (χ4n) is 2.60. The van der Waals surface area contributed by atoms with Gasteiger partial charge < -0.3 is 5.73 Å². The Hall–Kier alpha value is -3.54. The molecule has 1 aliphatic heterocycles. The van der Waals surface area contributed by atoms with Crippen LogP contribution >= 0.6 is 0 Å². The molecule has 1 aliphatic rings. The summed E-state index contributed by atoms with van der Waals surface area (Å²) in [6, 6.07) is 13.6. The van der Waals surface area contributed by atoms with Gasteiger partial charge in [-0.05, 0) is 35.9 Å². The number of para-hydroxylation sites is 1. The highest BCUT2D eigenvalue weighted by Crippen LogP contribution is 2.24. The zero-order chi connectivity index (χ0) is 18.7. The van der Waals surface area contributed by atoms with Gasteiger partial charge in [-0.15, -0.1) is 5.73 Å². The molecule has 0 saturated carbocycles. The number of carbonyl (C=O) groups excluding carboxylic acids is 2. The van der Waals surface area contributed by atoms with E-state index in [0.29, 0.717) is 11.3 Å². The number of nitro benzene ring substituents is 1. The Labute approximate surface area is 149 Å². The summed E-state index contributed by atoms with van der Waals surface area (Å²) in [6.45, 7) is 0. The summed E-state index contributed by atoms with van der Waals surface area (Å²) in [7, 11) is 0. The standard InChI is InChI=1S/C19H15N3O4/c20-17-12-14(9-6-13-7-10-16(11-8-13)22(25)26)18(23)21(19(17)24)15-4-2-1-3-5-15/h1-8,10-11,17H,12,20H2. The Balaban J connectivity index is 1.93. The van der Waals surface area contributed by atoms with E-state index in [2.05, 4.69) is 5.73 Å². The predicted molar refractivity (Wildman–Crippen MR) is 96.1 cm³/mol. The number of nitro groups is 1. The van der Waals surface area contributed by atoms with Crippen molar-refractivity contribution in [1.29, 1.82) is 0 Å². The van der Waals surface area contributed by atoms with E-state index in [1.807, 2.05) is 0 Å². The molecule has 1 saturated heterocycles. The van der Waals surface area contributed by atoms with Gasteiger partial charge in [-0.25, -0.2) is 4.90 Å². The molecular formula is C19H15N3O4. The van der Waals surface area contributed by atoms with E-state index in [9.17, 15) is 19.7 Å². The molecule has 2 aromatic carbocycles. The van der Waals surface area contributed by atoms with Crippen molar-refractivity contribution in [2.45, 2.75) is 12.5 Å². The van der Waals surface area contributed by atoms with Crippen LogP contribution in [0.1, 0.15) is 12.0 Å². The second-order valence-electron chi connectivity index (χ2n) is 5.74. The molecule has 2 N–H and O–H groups in total. The average molecular weight is 349 g/mol. The lowest BCUT2D eigenvalue weighted by molar-refractivity contribution is -0.384. The van der Waals surface area contributed by atoms with Gasteiger partial charge in [0.2, 0.25) is 0 Å². The lowest BCUT2D eigenvalue weighted by Crippen LogP contribution is -2.52. The summed E-state index contributed by atoms with van der Waals surface area (Å²) >= 11 is 0. The van der Waals surface area contributed by atoms with Gasteiger partial charge in [-0.1, -0.05) is 18.2 Å². The molecular weight excluding hydrogens is 334 g/mol. The Bertz CT molecular complexity index is 929. The molecule has 7 nitrogen and oxygen atoms in total. The Morgan fingerprint density at radius 1 is 1.12 bits per heavy atom. The minimum atomic E-state index is -0.833. The van der Waals surface area contributed by atoms with Crippen LogP contribution in [0.2, 0.25) is 0 Å². The number of rotatable bonds is 3. The smallest absolute Gasteiger partial charge is 0.269 e. The maximum Gasteiger partial charge on any atom is 0.269 e. The number of hydrogen-bond acceptors (Lipinski definition) is 5. The van der Waals surface area contributed by atoms with Crippen LogP contribution in [0.4, 0.5) is 11.4 Å². The molecule has 26 heavy (non-hydrogen) atoms. The maximum atomic E-state index is 12.7. The number of hydrogen-bond donors (Lipinski definition) is 1. The third-order valence-corrected chi connectivity index (χ3v) is 3.95. The highest BCUT2D eigenvalue weighted by atomic mass is 16.6. The molecule has 1 heterocycles. The van der Waals surface area contributed by atoms with E-state index in [1.54, 1.807) is 48.5 Å². The third-order valence-electron chi connectivity index (χ3n) is 3.95. The largest absolute Gasteiger partial charge is 0.320 e.